The van der Waals surface area contributed by atoms with Crippen LogP contribution in [-0.2, 0) is 9.53 Å². The van der Waals surface area contributed by atoms with Crippen molar-refractivity contribution in [1.82, 2.24) is 9.88 Å². The number of fused-ring (bicyclic) bond motifs is 1. The van der Waals surface area contributed by atoms with Gasteiger partial charge in [-0.15, -0.1) is 0 Å². The Hall–Kier alpha value is -2.14. The number of amides is 1. The van der Waals surface area contributed by atoms with Gasteiger partial charge in [0.1, 0.15) is 5.82 Å². The third kappa shape index (κ3) is 3.16. The molecule has 4 rings (SSSR count). The molecule has 0 unspecified atom stereocenters. The van der Waals surface area contributed by atoms with E-state index in [1.165, 1.54) is 22.1 Å². The van der Waals surface area contributed by atoms with Gasteiger partial charge in [-0.1, -0.05) is 12.1 Å². The topological polar surface area (TPSA) is 45.7 Å². The lowest BCUT2D eigenvalue weighted by atomic mass is 9.78. The highest BCUT2D eigenvalue weighted by Gasteiger charge is 2.48. The van der Waals surface area contributed by atoms with Gasteiger partial charge in [-0.3, -0.25) is 4.79 Å². The van der Waals surface area contributed by atoms with Crippen LogP contribution in [0.1, 0.15) is 36.0 Å². The second-order valence-corrected chi connectivity index (χ2v) is 8.54. The van der Waals surface area contributed by atoms with Crippen LogP contribution in [0.3, 0.4) is 0 Å². The summed E-state index contributed by atoms with van der Waals surface area (Å²) < 4.78 is 5.19. The number of aromatic nitrogens is 1. The fourth-order valence-electron chi connectivity index (χ4n) is 4.86. The summed E-state index contributed by atoms with van der Waals surface area (Å²) >= 11 is 0. The van der Waals surface area contributed by atoms with Gasteiger partial charge in [-0.05, 0) is 62.8 Å². The zero-order valence-corrected chi connectivity index (χ0v) is 17.5. The molecule has 2 aromatic rings. The number of anilines is 1. The van der Waals surface area contributed by atoms with Crippen LogP contribution in [0.15, 0.2) is 18.2 Å². The highest BCUT2D eigenvalue weighted by molar-refractivity contribution is 5.88. The first-order chi connectivity index (χ1) is 13.4. The van der Waals surface area contributed by atoms with Crippen molar-refractivity contribution in [3.63, 3.8) is 0 Å². The highest BCUT2D eigenvalue weighted by Crippen LogP contribution is 2.41. The molecule has 0 radical (unpaired) electrons. The largest absolute Gasteiger partial charge is 0.383 e. The minimum atomic E-state index is -0.252. The number of rotatable bonds is 4. The van der Waals surface area contributed by atoms with Gasteiger partial charge in [0.2, 0.25) is 5.91 Å². The first kappa shape index (κ1) is 19.2. The molecule has 1 aromatic carbocycles. The maximum Gasteiger partial charge on any atom is 0.230 e. The lowest BCUT2D eigenvalue weighted by Gasteiger charge is -2.39. The van der Waals surface area contributed by atoms with Crippen LogP contribution in [0.5, 0.6) is 0 Å². The Morgan fingerprint density at radius 2 is 1.96 bits per heavy atom. The van der Waals surface area contributed by atoms with Crippen LogP contribution in [0.4, 0.5) is 5.82 Å². The second kappa shape index (κ2) is 7.36. The number of benzene rings is 1. The molecule has 0 saturated carbocycles. The molecule has 2 aliphatic rings. The molecule has 3 heterocycles. The Labute approximate surface area is 167 Å². The smallest absolute Gasteiger partial charge is 0.230 e. The van der Waals surface area contributed by atoms with E-state index in [0.29, 0.717) is 19.1 Å². The molecular weight excluding hydrogens is 350 g/mol. The summed E-state index contributed by atoms with van der Waals surface area (Å²) in [6.45, 7) is 10.3. The van der Waals surface area contributed by atoms with Gasteiger partial charge < -0.3 is 14.5 Å². The van der Waals surface area contributed by atoms with E-state index >= 15 is 0 Å². The molecule has 1 spiro atoms. The van der Waals surface area contributed by atoms with Crippen LogP contribution >= 0.6 is 0 Å². The number of carbonyl (C=O) groups is 1. The quantitative estimate of drug-likeness (QED) is 0.811. The highest BCUT2D eigenvalue weighted by atomic mass is 16.5. The van der Waals surface area contributed by atoms with Gasteiger partial charge in [0, 0.05) is 38.7 Å². The molecule has 1 aromatic heterocycles. The zero-order chi connectivity index (χ0) is 19.9. The predicted molar refractivity (Wildman–Crippen MR) is 113 cm³/mol. The van der Waals surface area contributed by atoms with Crippen molar-refractivity contribution in [1.29, 1.82) is 0 Å². The van der Waals surface area contributed by atoms with Crippen molar-refractivity contribution in [2.45, 2.75) is 40.0 Å². The summed E-state index contributed by atoms with van der Waals surface area (Å²) in [5, 5.41) is 1.22. The first-order valence-corrected chi connectivity index (χ1v) is 10.4. The van der Waals surface area contributed by atoms with E-state index in [0.717, 1.165) is 50.2 Å². The molecule has 5 nitrogen and oxygen atoms in total. The minimum absolute atomic E-state index is 0.252. The number of nitrogens with zero attached hydrogens (tertiary/aromatic N) is 3. The average Bonchev–Trinajstić information content (AvgIpc) is 3.11. The van der Waals surface area contributed by atoms with E-state index in [1.807, 2.05) is 4.90 Å². The number of pyridine rings is 1. The lowest BCUT2D eigenvalue weighted by Crippen LogP contribution is -2.51. The van der Waals surface area contributed by atoms with Crippen LogP contribution in [0.2, 0.25) is 0 Å². The SMILES string of the molecule is COCCN1CCC[C@@]2(CCN(c3cc(C)c4ccc(C)c(C)c4n3)C2)C1=O. The third-order valence-corrected chi connectivity index (χ3v) is 6.77. The Kier molecular flexibility index (Phi) is 5.04. The second-order valence-electron chi connectivity index (χ2n) is 8.54. The molecule has 1 atom stereocenters. The number of ether oxygens (including phenoxy) is 1. The molecule has 2 aliphatic heterocycles. The third-order valence-electron chi connectivity index (χ3n) is 6.77. The predicted octanol–water partition coefficient (Wildman–Crippen LogP) is 3.63. The summed E-state index contributed by atoms with van der Waals surface area (Å²) in [6.07, 6.45) is 2.98. The van der Waals surface area contributed by atoms with Crippen molar-refractivity contribution < 1.29 is 9.53 Å². The monoisotopic (exact) mass is 381 g/mol. The molecule has 0 aliphatic carbocycles. The van der Waals surface area contributed by atoms with Crippen molar-refractivity contribution in [3.05, 3.63) is 34.9 Å². The molecule has 28 heavy (non-hydrogen) atoms. The Morgan fingerprint density at radius 1 is 1.14 bits per heavy atom. The zero-order valence-electron chi connectivity index (χ0n) is 17.5. The fourth-order valence-corrected chi connectivity index (χ4v) is 4.86. The van der Waals surface area contributed by atoms with Gasteiger partial charge in [0.05, 0.1) is 17.5 Å². The number of carbonyl (C=O) groups excluding carboxylic acids is 1. The van der Waals surface area contributed by atoms with Gasteiger partial charge in [-0.25, -0.2) is 4.98 Å². The van der Waals surface area contributed by atoms with Crippen LogP contribution in [0.25, 0.3) is 10.9 Å². The minimum Gasteiger partial charge on any atom is -0.383 e. The van der Waals surface area contributed by atoms with Crippen molar-refractivity contribution >= 4 is 22.6 Å². The van der Waals surface area contributed by atoms with Crippen LogP contribution in [0, 0.1) is 26.2 Å². The van der Waals surface area contributed by atoms with Crippen molar-refractivity contribution in [3.8, 4) is 0 Å². The summed E-state index contributed by atoms with van der Waals surface area (Å²) in [5.74, 6) is 1.32. The average molecular weight is 382 g/mol. The normalized spacial score (nSPS) is 22.6. The van der Waals surface area contributed by atoms with Crippen molar-refractivity contribution in [2.75, 3.05) is 44.8 Å². The van der Waals surface area contributed by atoms with Crippen molar-refractivity contribution in [2.24, 2.45) is 5.41 Å². The van der Waals surface area contributed by atoms with E-state index in [4.69, 9.17) is 9.72 Å². The number of methoxy groups -OCH3 is 1. The maximum absolute atomic E-state index is 13.2. The summed E-state index contributed by atoms with van der Waals surface area (Å²) in [5.41, 5.74) is 4.60. The molecule has 5 heteroatoms. The first-order valence-electron chi connectivity index (χ1n) is 10.4. The van der Waals surface area contributed by atoms with E-state index in [-0.39, 0.29) is 5.41 Å². The number of hydrogen-bond donors (Lipinski definition) is 0. The van der Waals surface area contributed by atoms with E-state index in [2.05, 4.69) is 43.9 Å². The summed E-state index contributed by atoms with van der Waals surface area (Å²) in [7, 11) is 1.69. The van der Waals surface area contributed by atoms with E-state index < -0.39 is 0 Å². The Bertz CT molecular complexity index is 910. The molecule has 0 N–H and O–H groups in total. The van der Waals surface area contributed by atoms with Crippen LogP contribution in [-0.4, -0.2) is 55.7 Å². The number of likely N-dealkylation sites (tertiary alicyclic amines) is 1. The summed E-state index contributed by atoms with van der Waals surface area (Å²) in [6, 6.07) is 6.53. The lowest BCUT2D eigenvalue weighted by molar-refractivity contribution is -0.145. The Balaban J connectivity index is 1.62. The molecule has 2 saturated heterocycles. The number of piperidine rings is 1. The van der Waals surface area contributed by atoms with Gasteiger partial charge in [-0.2, -0.15) is 0 Å². The fraction of sp³-hybridized carbons (Fsp3) is 0.565. The van der Waals surface area contributed by atoms with E-state index in [1.54, 1.807) is 7.11 Å². The molecule has 150 valence electrons. The Morgan fingerprint density at radius 3 is 2.75 bits per heavy atom. The number of aryl methyl sites for hydroxylation is 3. The molecule has 2 fully saturated rings. The van der Waals surface area contributed by atoms with Gasteiger partial charge >= 0.3 is 0 Å². The summed E-state index contributed by atoms with van der Waals surface area (Å²) in [4.78, 5) is 22.6. The van der Waals surface area contributed by atoms with E-state index in [9.17, 15) is 4.79 Å². The van der Waals surface area contributed by atoms with Gasteiger partial charge in [0.25, 0.3) is 0 Å². The molecule has 1 amide bonds. The van der Waals surface area contributed by atoms with Crippen LogP contribution < -0.4 is 4.90 Å². The van der Waals surface area contributed by atoms with Gasteiger partial charge in [0.15, 0.2) is 0 Å². The molecule has 0 bridgehead atoms. The molecular formula is C23H31N3O2. The number of hydrogen-bond acceptors (Lipinski definition) is 4. The standard InChI is InChI=1S/C23H31N3O2/c1-16-6-7-19-17(2)14-20(24-21(19)18(16)3)26-11-9-23(15-26)8-5-10-25(22(23)27)12-13-28-4/h6-7,14H,5,8-13,15H2,1-4H3/t23-/m0/s1. The maximum atomic E-state index is 13.2.